The molecule has 0 unspecified atom stereocenters. The Morgan fingerprint density at radius 2 is 1.93 bits per heavy atom. The Balaban J connectivity index is 1.86. The van der Waals surface area contributed by atoms with Crippen LogP contribution in [0.15, 0.2) is 53.5 Å². The van der Waals surface area contributed by atoms with E-state index in [4.69, 9.17) is 4.74 Å². The van der Waals surface area contributed by atoms with Gasteiger partial charge in [-0.1, -0.05) is 30.3 Å². The second-order valence-electron chi connectivity index (χ2n) is 6.52. The summed E-state index contributed by atoms with van der Waals surface area (Å²) in [4.78, 5) is 17.4. The van der Waals surface area contributed by atoms with Crippen molar-refractivity contribution in [3.05, 3.63) is 69.8 Å². The lowest BCUT2D eigenvalue weighted by atomic mass is 9.98. The number of aliphatic imine (C=N–C) groups is 1. The molecule has 0 aromatic heterocycles. The number of rotatable bonds is 6. The minimum absolute atomic E-state index is 0.0285. The predicted molar refractivity (Wildman–Crippen MR) is 103 cm³/mol. The summed E-state index contributed by atoms with van der Waals surface area (Å²) < 4.78 is 5.47. The van der Waals surface area contributed by atoms with Crippen LogP contribution in [0, 0.1) is 10.1 Å². The average Bonchev–Trinajstić information content (AvgIpc) is 2.69. The summed E-state index contributed by atoms with van der Waals surface area (Å²) in [6.45, 7) is 5.03. The van der Waals surface area contributed by atoms with Crippen molar-refractivity contribution in [2.24, 2.45) is 4.99 Å². The van der Waals surface area contributed by atoms with E-state index in [1.54, 1.807) is 0 Å². The van der Waals surface area contributed by atoms with Gasteiger partial charge in [0, 0.05) is 37.0 Å². The van der Waals surface area contributed by atoms with Crippen LogP contribution in [-0.4, -0.2) is 53.5 Å². The highest BCUT2D eigenvalue weighted by Crippen LogP contribution is 2.28. The number of aromatic hydroxyl groups is 1. The third kappa shape index (κ3) is 4.69. The largest absolute Gasteiger partial charge is 0.507 e. The molecule has 7 nitrogen and oxygen atoms in total. The second-order valence-corrected chi connectivity index (χ2v) is 6.52. The molecule has 0 bridgehead atoms. The third-order valence-electron chi connectivity index (χ3n) is 4.71. The maximum atomic E-state index is 11.0. The van der Waals surface area contributed by atoms with Crippen LogP contribution in [0.5, 0.6) is 5.75 Å². The smallest absolute Gasteiger partial charge is 0.270 e. The summed E-state index contributed by atoms with van der Waals surface area (Å²) >= 11 is 0. The minimum Gasteiger partial charge on any atom is -0.507 e. The number of phenolic OH excluding ortho intramolecular Hbond substituents is 1. The highest BCUT2D eigenvalue weighted by Gasteiger charge is 2.27. The Morgan fingerprint density at radius 3 is 2.59 bits per heavy atom. The first-order chi connectivity index (χ1) is 13.1. The Labute approximate surface area is 158 Å². The van der Waals surface area contributed by atoms with E-state index in [9.17, 15) is 15.2 Å². The van der Waals surface area contributed by atoms with Gasteiger partial charge in [0.2, 0.25) is 0 Å². The molecule has 142 valence electrons. The molecule has 1 heterocycles. The molecule has 0 aliphatic carbocycles. The summed E-state index contributed by atoms with van der Waals surface area (Å²) in [5, 5.41) is 21.0. The molecule has 2 aromatic carbocycles. The normalized spacial score (nSPS) is 17.7. The minimum atomic E-state index is -0.485. The van der Waals surface area contributed by atoms with Crippen molar-refractivity contribution >= 4 is 11.9 Å². The van der Waals surface area contributed by atoms with Gasteiger partial charge in [0.1, 0.15) is 5.75 Å². The molecular formula is C20H23N3O4. The van der Waals surface area contributed by atoms with E-state index in [0.717, 1.165) is 18.7 Å². The average molecular weight is 369 g/mol. The fraction of sp³-hybridized carbons (Fsp3) is 0.350. The molecular weight excluding hydrogens is 346 g/mol. The van der Waals surface area contributed by atoms with Crippen LogP contribution in [0.2, 0.25) is 0 Å². The highest BCUT2D eigenvalue weighted by atomic mass is 16.6. The van der Waals surface area contributed by atoms with Crippen LogP contribution in [0.1, 0.15) is 24.1 Å². The van der Waals surface area contributed by atoms with E-state index in [1.807, 2.05) is 25.1 Å². The van der Waals surface area contributed by atoms with Crippen molar-refractivity contribution in [1.29, 1.82) is 0 Å². The van der Waals surface area contributed by atoms with Gasteiger partial charge in [-0.2, -0.15) is 0 Å². The zero-order valence-electron chi connectivity index (χ0n) is 15.2. The molecule has 1 N–H and O–H groups in total. The number of non-ortho nitro benzene ring substituents is 1. The summed E-state index contributed by atoms with van der Waals surface area (Å²) in [5.41, 5.74) is 1.42. The lowest BCUT2D eigenvalue weighted by Crippen LogP contribution is -2.42. The summed E-state index contributed by atoms with van der Waals surface area (Å²) in [6, 6.07) is 14.0. The molecule has 0 saturated carbocycles. The lowest BCUT2D eigenvalue weighted by molar-refractivity contribution is -0.384. The number of benzene rings is 2. The Kier molecular flexibility index (Phi) is 6.16. The van der Waals surface area contributed by atoms with Gasteiger partial charge in [0.15, 0.2) is 0 Å². The van der Waals surface area contributed by atoms with Gasteiger partial charge in [-0.3, -0.25) is 20.0 Å². The quantitative estimate of drug-likeness (QED) is 0.480. The molecule has 0 radical (unpaired) electrons. The van der Waals surface area contributed by atoms with Crippen LogP contribution in [0.4, 0.5) is 5.69 Å². The number of hydrogen-bond acceptors (Lipinski definition) is 6. The first-order valence-corrected chi connectivity index (χ1v) is 8.93. The number of nitro benzene ring substituents is 1. The molecule has 1 aliphatic heterocycles. The Bertz CT molecular complexity index is 804. The van der Waals surface area contributed by atoms with Gasteiger partial charge in [-0.15, -0.1) is 0 Å². The predicted octanol–water partition coefficient (Wildman–Crippen LogP) is 3.18. The van der Waals surface area contributed by atoms with Crippen LogP contribution in [-0.2, 0) is 4.74 Å². The van der Waals surface area contributed by atoms with Gasteiger partial charge < -0.3 is 9.84 Å². The molecule has 1 fully saturated rings. The van der Waals surface area contributed by atoms with Crippen molar-refractivity contribution in [3.8, 4) is 5.75 Å². The Morgan fingerprint density at radius 1 is 1.22 bits per heavy atom. The van der Waals surface area contributed by atoms with Gasteiger partial charge in [0.25, 0.3) is 5.69 Å². The highest BCUT2D eigenvalue weighted by molar-refractivity contribution is 5.84. The van der Waals surface area contributed by atoms with Crippen molar-refractivity contribution < 1.29 is 14.8 Å². The molecule has 1 aliphatic rings. The van der Waals surface area contributed by atoms with Crippen molar-refractivity contribution in [3.63, 3.8) is 0 Å². The van der Waals surface area contributed by atoms with Crippen LogP contribution in [0.3, 0.4) is 0 Å². The second kappa shape index (κ2) is 8.75. The SMILES string of the molecule is C[C@@H](N=Cc1cc([N+](=O)[O-])ccc1O)[C@H](c1ccccc1)N1CCOCC1. The van der Waals surface area contributed by atoms with Crippen molar-refractivity contribution in [2.75, 3.05) is 26.3 Å². The summed E-state index contributed by atoms with van der Waals surface area (Å²) in [5.74, 6) is -0.0285. The number of hydrogen-bond donors (Lipinski definition) is 1. The zero-order chi connectivity index (χ0) is 19.2. The first kappa shape index (κ1) is 19.0. The van der Waals surface area contributed by atoms with E-state index in [1.165, 1.54) is 24.4 Å². The van der Waals surface area contributed by atoms with Gasteiger partial charge in [-0.05, 0) is 18.6 Å². The number of ether oxygens (including phenoxy) is 1. The van der Waals surface area contributed by atoms with Crippen molar-refractivity contribution in [1.82, 2.24) is 4.90 Å². The molecule has 2 aromatic rings. The zero-order valence-corrected chi connectivity index (χ0v) is 15.2. The van der Waals surface area contributed by atoms with E-state index < -0.39 is 4.92 Å². The Hall–Kier alpha value is -2.77. The lowest BCUT2D eigenvalue weighted by Gasteiger charge is -2.37. The summed E-state index contributed by atoms with van der Waals surface area (Å²) in [6.07, 6.45) is 1.52. The third-order valence-corrected chi connectivity index (χ3v) is 4.71. The van der Waals surface area contributed by atoms with Crippen LogP contribution >= 0.6 is 0 Å². The molecule has 3 rings (SSSR count). The van der Waals surface area contributed by atoms with Crippen molar-refractivity contribution in [2.45, 2.75) is 19.0 Å². The van der Waals surface area contributed by atoms with Gasteiger partial charge in [0.05, 0.1) is 30.2 Å². The molecule has 0 amide bonds. The number of nitrogens with zero attached hydrogens (tertiary/aromatic N) is 3. The molecule has 7 heteroatoms. The number of phenols is 1. The molecule has 27 heavy (non-hydrogen) atoms. The molecule has 1 saturated heterocycles. The van der Waals surface area contributed by atoms with E-state index in [0.29, 0.717) is 18.8 Å². The number of nitro groups is 1. The van der Waals surface area contributed by atoms with E-state index in [2.05, 4.69) is 22.0 Å². The fourth-order valence-electron chi connectivity index (χ4n) is 3.34. The monoisotopic (exact) mass is 369 g/mol. The molecule has 0 spiro atoms. The van der Waals surface area contributed by atoms with Crippen LogP contribution < -0.4 is 0 Å². The van der Waals surface area contributed by atoms with E-state index >= 15 is 0 Å². The summed E-state index contributed by atoms with van der Waals surface area (Å²) in [7, 11) is 0. The van der Waals surface area contributed by atoms with E-state index in [-0.39, 0.29) is 23.5 Å². The maximum Gasteiger partial charge on any atom is 0.270 e. The van der Waals surface area contributed by atoms with Gasteiger partial charge in [-0.25, -0.2) is 0 Å². The van der Waals surface area contributed by atoms with Gasteiger partial charge >= 0.3 is 0 Å². The maximum absolute atomic E-state index is 11.0. The molecule has 2 atom stereocenters. The topological polar surface area (TPSA) is 88.2 Å². The standard InChI is InChI=1S/C20H23N3O4/c1-15(21-14-17-13-18(23(25)26)7-8-19(17)24)20(16-5-3-2-4-6-16)22-9-11-27-12-10-22/h2-8,13-15,20,24H,9-12H2,1H3/t15-,20-/m1/s1. The number of morpholine rings is 1. The fourth-order valence-corrected chi connectivity index (χ4v) is 3.34. The first-order valence-electron chi connectivity index (χ1n) is 8.93. The van der Waals surface area contributed by atoms with Crippen LogP contribution in [0.25, 0.3) is 0 Å².